The van der Waals surface area contributed by atoms with Gasteiger partial charge in [-0.15, -0.1) is 0 Å². The molecule has 0 atom stereocenters. The largest absolute Gasteiger partial charge is 0.494 e. The van der Waals surface area contributed by atoms with Crippen LogP contribution in [0.25, 0.3) is 0 Å². The van der Waals surface area contributed by atoms with E-state index in [4.69, 9.17) is 9.84 Å². The fraction of sp³-hybridized carbons (Fsp3) is 0.278. The Bertz CT molecular complexity index is 557. The van der Waals surface area contributed by atoms with Crippen LogP contribution in [0.4, 0.5) is 5.69 Å². The Morgan fingerprint density at radius 3 is 2.23 bits per heavy atom. The molecule has 0 aromatic heterocycles. The van der Waals surface area contributed by atoms with Crippen molar-refractivity contribution < 1.29 is 14.6 Å². The molecule has 1 N–H and O–H groups in total. The van der Waals surface area contributed by atoms with Crippen LogP contribution in [0, 0.1) is 0 Å². The molecule has 2 aromatic rings. The lowest BCUT2D eigenvalue weighted by Crippen LogP contribution is -2.28. The molecule has 2 aromatic carbocycles. The first-order chi connectivity index (χ1) is 10.8. The minimum atomic E-state index is -0.776. The molecule has 0 aliphatic carbocycles. The van der Waals surface area contributed by atoms with Crippen LogP contribution in [0.5, 0.6) is 5.75 Å². The second kappa shape index (κ2) is 8.72. The standard InChI is InChI=1S/C18H21NO3/c20-18(21)12-14-19(16-8-3-1-4-9-16)13-7-15-22-17-10-5-2-6-11-17/h1-6,8-11H,7,12-15H2,(H,20,21). The zero-order valence-corrected chi connectivity index (χ0v) is 12.5. The molecular weight excluding hydrogens is 278 g/mol. The Balaban J connectivity index is 1.82. The third-order valence-corrected chi connectivity index (χ3v) is 3.30. The summed E-state index contributed by atoms with van der Waals surface area (Å²) < 4.78 is 5.67. The maximum absolute atomic E-state index is 10.8. The normalized spacial score (nSPS) is 10.2. The van der Waals surface area contributed by atoms with Crippen molar-refractivity contribution >= 4 is 11.7 Å². The van der Waals surface area contributed by atoms with E-state index in [1.165, 1.54) is 0 Å². The molecule has 0 heterocycles. The lowest BCUT2D eigenvalue weighted by Gasteiger charge is -2.24. The van der Waals surface area contributed by atoms with E-state index in [2.05, 4.69) is 4.90 Å². The fourth-order valence-electron chi connectivity index (χ4n) is 2.20. The molecule has 0 saturated heterocycles. The van der Waals surface area contributed by atoms with Crippen LogP contribution in [0.3, 0.4) is 0 Å². The van der Waals surface area contributed by atoms with E-state index in [1.54, 1.807) is 0 Å². The lowest BCUT2D eigenvalue weighted by molar-refractivity contribution is -0.136. The molecule has 116 valence electrons. The first kappa shape index (κ1) is 15.9. The van der Waals surface area contributed by atoms with Gasteiger partial charge in [-0.05, 0) is 30.7 Å². The van der Waals surface area contributed by atoms with Gasteiger partial charge in [0, 0.05) is 18.8 Å². The van der Waals surface area contributed by atoms with Crippen LogP contribution in [0.15, 0.2) is 60.7 Å². The van der Waals surface area contributed by atoms with Crippen molar-refractivity contribution in [1.82, 2.24) is 0 Å². The minimum Gasteiger partial charge on any atom is -0.494 e. The predicted molar refractivity (Wildman–Crippen MR) is 87.5 cm³/mol. The summed E-state index contributed by atoms with van der Waals surface area (Å²) in [6.45, 7) is 1.88. The van der Waals surface area contributed by atoms with Gasteiger partial charge >= 0.3 is 5.97 Å². The summed E-state index contributed by atoms with van der Waals surface area (Å²) in [5, 5.41) is 8.88. The first-order valence-corrected chi connectivity index (χ1v) is 7.45. The summed E-state index contributed by atoms with van der Waals surface area (Å²) in [5.74, 6) is 0.0840. The SMILES string of the molecule is O=C(O)CCN(CCCOc1ccccc1)c1ccccc1. The number of carbonyl (C=O) groups is 1. The maximum Gasteiger partial charge on any atom is 0.305 e. The predicted octanol–water partition coefficient (Wildman–Crippen LogP) is 3.44. The van der Waals surface area contributed by atoms with Crippen LogP contribution < -0.4 is 9.64 Å². The van der Waals surface area contributed by atoms with E-state index in [0.29, 0.717) is 13.2 Å². The van der Waals surface area contributed by atoms with Crippen LogP contribution in [0.2, 0.25) is 0 Å². The number of carboxylic acid groups (broad SMARTS) is 1. The van der Waals surface area contributed by atoms with E-state index >= 15 is 0 Å². The molecule has 0 amide bonds. The number of ether oxygens (including phenoxy) is 1. The molecule has 0 radical (unpaired) electrons. The van der Waals surface area contributed by atoms with Gasteiger partial charge in [-0.3, -0.25) is 4.79 Å². The molecule has 0 aliphatic heterocycles. The summed E-state index contributed by atoms with van der Waals surface area (Å²) in [7, 11) is 0. The molecule has 0 unspecified atom stereocenters. The highest BCUT2D eigenvalue weighted by Crippen LogP contribution is 2.14. The number of benzene rings is 2. The monoisotopic (exact) mass is 299 g/mol. The molecule has 2 rings (SSSR count). The summed E-state index contributed by atoms with van der Waals surface area (Å²) in [5.41, 5.74) is 1.04. The summed E-state index contributed by atoms with van der Waals surface area (Å²) >= 11 is 0. The summed E-state index contributed by atoms with van der Waals surface area (Å²) in [4.78, 5) is 12.9. The van der Waals surface area contributed by atoms with Gasteiger partial charge in [0.15, 0.2) is 0 Å². The van der Waals surface area contributed by atoms with Crippen LogP contribution in [-0.2, 0) is 4.79 Å². The Morgan fingerprint density at radius 1 is 0.955 bits per heavy atom. The Labute approximate surface area is 131 Å². The molecule has 4 nitrogen and oxygen atoms in total. The molecule has 0 saturated carbocycles. The highest BCUT2D eigenvalue weighted by molar-refractivity contribution is 5.67. The van der Waals surface area contributed by atoms with Gasteiger partial charge < -0.3 is 14.7 Å². The molecule has 4 heteroatoms. The molecule has 0 spiro atoms. The van der Waals surface area contributed by atoms with Crippen molar-refractivity contribution in [1.29, 1.82) is 0 Å². The number of para-hydroxylation sites is 2. The van der Waals surface area contributed by atoms with E-state index in [9.17, 15) is 4.79 Å². The van der Waals surface area contributed by atoms with Gasteiger partial charge in [-0.1, -0.05) is 36.4 Å². The average Bonchev–Trinajstić information content (AvgIpc) is 2.56. The number of hydrogen-bond acceptors (Lipinski definition) is 3. The van der Waals surface area contributed by atoms with E-state index in [0.717, 1.165) is 24.4 Å². The first-order valence-electron chi connectivity index (χ1n) is 7.45. The van der Waals surface area contributed by atoms with Gasteiger partial charge in [-0.2, -0.15) is 0 Å². The second-order valence-electron chi connectivity index (χ2n) is 4.98. The Morgan fingerprint density at radius 2 is 1.59 bits per heavy atom. The van der Waals surface area contributed by atoms with Gasteiger partial charge in [0.2, 0.25) is 0 Å². The number of rotatable bonds is 9. The summed E-state index contributed by atoms with van der Waals surface area (Å²) in [6, 6.07) is 19.6. The lowest BCUT2D eigenvalue weighted by atomic mass is 10.2. The second-order valence-corrected chi connectivity index (χ2v) is 4.98. The van der Waals surface area contributed by atoms with Gasteiger partial charge in [0.1, 0.15) is 5.75 Å². The van der Waals surface area contributed by atoms with Crippen LogP contribution >= 0.6 is 0 Å². The van der Waals surface area contributed by atoms with E-state index in [1.807, 2.05) is 60.7 Å². The Kier molecular flexibility index (Phi) is 6.30. The van der Waals surface area contributed by atoms with Crippen molar-refractivity contribution in [3.8, 4) is 5.75 Å². The average molecular weight is 299 g/mol. The Hall–Kier alpha value is -2.49. The zero-order valence-electron chi connectivity index (χ0n) is 12.5. The highest BCUT2D eigenvalue weighted by atomic mass is 16.5. The van der Waals surface area contributed by atoms with Crippen LogP contribution in [-0.4, -0.2) is 30.8 Å². The van der Waals surface area contributed by atoms with Crippen molar-refractivity contribution in [3.63, 3.8) is 0 Å². The van der Waals surface area contributed by atoms with Gasteiger partial charge in [-0.25, -0.2) is 0 Å². The molecule has 22 heavy (non-hydrogen) atoms. The zero-order chi connectivity index (χ0) is 15.6. The van der Waals surface area contributed by atoms with Crippen molar-refractivity contribution in [2.75, 3.05) is 24.6 Å². The molecular formula is C18H21NO3. The number of anilines is 1. The fourth-order valence-corrected chi connectivity index (χ4v) is 2.20. The topological polar surface area (TPSA) is 49.8 Å². The van der Waals surface area contributed by atoms with Gasteiger partial charge in [0.25, 0.3) is 0 Å². The van der Waals surface area contributed by atoms with Crippen molar-refractivity contribution in [2.24, 2.45) is 0 Å². The van der Waals surface area contributed by atoms with Crippen molar-refractivity contribution in [2.45, 2.75) is 12.8 Å². The number of hydrogen-bond donors (Lipinski definition) is 1. The third-order valence-electron chi connectivity index (χ3n) is 3.30. The number of carboxylic acids is 1. The van der Waals surface area contributed by atoms with E-state index in [-0.39, 0.29) is 6.42 Å². The molecule has 0 bridgehead atoms. The van der Waals surface area contributed by atoms with Gasteiger partial charge in [0.05, 0.1) is 13.0 Å². The highest BCUT2D eigenvalue weighted by Gasteiger charge is 2.08. The number of aliphatic carboxylic acids is 1. The maximum atomic E-state index is 10.8. The van der Waals surface area contributed by atoms with Crippen molar-refractivity contribution in [3.05, 3.63) is 60.7 Å². The molecule has 0 aliphatic rings. The van der Waals surface area contributed by atoms with E-state index < -0.39 is 5.97 Å². The number of nitrogens with zero attached hydrogens (tertiary/aromatic N) is 1. The quantitative estimate of drug-likeness (QED) is 0.721. The van der Waals surface area contributed by atoms with Crippen LogP contribution in [0.1, 0.15) is 12.8 Å². The third kappa shape index (κ3) is 5.48. The smallest absolute Gasteiger partial charge is 0.305 e. The minimum absolute atomic E-state index is 0.133. The molecule has 0 fully saturated rings. The summed E-state index contributed by atoms with van der Waals surface area (Å²) in [6.07, 6.45) is 0.970.